The molecular weight excluding hydrogens is 194 g/mol. The molecule has 1 aliphatic rings. The number of hydrogen-bond acceptors (Lipinski definition) is 3. The Morgan fingerprint density at radius 2 is 2.38 bits per heavy atom. The van der Waals surface area contributed by atoms with Crippen molar-refractivity contribution < 1.29 is 21.9 Å². The molecule has 1 N–H and O–H groups in total. The number of carbonyl (C=O) groups is 1. The average molecular weight is 197 g/mol. The third-order valence-electron chi connectivity index (χ3n) is 0.576. The Morgan fingerprint density at radius 3 is 2.50 bits per heavy atom. The van der Waals surface area contributed by atoms with Crippen LogP contribution in [0.25, 0.3) is 0 Å². The van der Waals surface area contributed by atoms with Crippen LogP contribution >= 0.6 is 24.0 Å². The van der Waals surface area contributed by atoms with Crippen molar-refractivity contribution in [1.29, 1.82) is 0 Å². The molecule has 1 aliphatic heterocycles. The molecule has 5 heteroatoms. The Kier molecular flexibility index (Phi) is 3.64. The maximum atomic E-state index is 10.2. The van der Waals surface area contributed by atoms with Gasteiger partial charge in [-0.25, -0.2) is 0 Å². The van der Waals surface area contributed by atoms with Crippen molar-refractivity contribution in [3.63, 3.8) is 0 Å². The van der Waals surface area contributed by atoms with E-state index in [0.717, 1.165) is 0 Å². The summed E-state index contributed by atoms with van der Waals surface area (Å²) in [6.45, 7) is 0. The summed E-state index contributed by atoms with van der Waals surface area (Å²) >= 11 is 6.00. The molecule has 8 heavy (non-hydrogen) atoms. The van der Waals surface area contributed by atoms with Gasteiger partial charge in [-0.1, -0.05) is 24.0 Å². The van der Waals surface area contributed by atoms with Crippen molar-refractivity contribution in [2.24, 2.45) is 0 Å². The van der Waals surface area contributed by atoms with Crippen molar-refractivity contribution in [3.05, 3.63) is 0 Å². The van der Waals surface area contributed by atoms with E-state index in [1.165, 1.54) is 11.8 Å². The number of amides is 1. The van der Waals surface area contributed by atoms with Crippen LogP contribution in [0.3, 0.4) is 0 Å². The summed E-state index contributed by atoms with van der Waals surface area (Å²) in [5.41, 5.74) is 0. The molecule has 1 heterocycles. The van der Waals surface area contributed by atoms with E-state index in [-0.39, 0.29) is 23.0 Å². The van der Waals surface area contributed by atoms with Gasteiger partial charge in [0.25, 0.3) is 0 Å². The molecule has 47 valence electrons. The largest absolute Gasteiger partial charge is 2.00 e. The zero-order valence-electron chi connectivity index (χ0n) is 3.73. The number of nitrogens with one attached hydrogen (secondary N) is 1. The molecule has 0 aromatic rings. The summed E-state index contributed by atoms with van der Waals surface area (Å²) in [4.78, 5) is 10.2. The van der Waals surface area contributed by atoms with Crippen LogP contribution in [0, 0.1) is 0 Å². The molecule has 0 aliphatic carbocycles. The number of thiocarbonyl (C=S) groups is 1. The SMILES string of the molecule is O=C1CSC(=S)N1.[Cu+2]. The normalized spacial score (nSPS) is 17.5. The molecule has 1 radical (unpaired) electrons. The molecule has 1 rings (SSSR count). The monoisotopic (exact) mass is 196 g/mol. The number of rotatable bonds is 0. The minimum atomic E-state index is 0. The minimum Gasteiger partial charge on any atom is -0.311 e. The van der Waals surface area contributed by atoms with Crippen molar-refractivity contribution in [2.75, 3.05) is 5.75 Å². The molecule has 1 fully saturated rings. The Morgan fingerprint density at radius 1 is 1.75 bits per heavy atom. The summed E-state index contributed by atoms with van der Waals surface area (Å²) in [6.07, 6.45) is 0. The van der Waals surface area contributed by atoms with Crippen molar-refractivity contribution in [2.45, 2.75) is 0 Å². The molecule has 1 saturated heterocycles. The van der Waals surface area contributed by atoms with E-state index in [1.54, 1.807) is 0 Å². The molecule has 0 spiro atoms. The zero-order valence-corrected chi connectivity index (χ0v) is 6.31. The van der Waals surface area contributed by atoms with Gasteiger partial charge in [0.05, 0.1) is 5.75 Å². The van der Waals surface area contributed by atoms with Gasteiger partial charge in [-0.3, -0.25) is 4.79 Å². The van der Waals surface area contributed by atoms with Crippen LogP contribution in [0.2, 0.25) is 0 Å². The predicted molar refractivity (Wildman–Crippen MR) is 33.2 cm³/mol. The van der Waals surface area contributed by atoms with Crippen LogP contribution in [-0.2, 0) is 21.9 Å². The van der Waals surface area contributed by atoms with Gasteiger partial charge in [0.2, 0.25) is 5.91 Å². The second kappa shape index (κ2) is 3.45. The quantitative estimate of drug-likeness (QED) is 0.441. The van der Waals surface area contributed by atoms with Crippen LogP contribution in [0.15, 0.2) is 0 Å². The molecule has 0 unspecified atom stereocenters. The van der Waals surface area contributed by atoms with Crippen LogP contribution in [0.4, 0.5) is 0 Å². The summed E-state index contributed by atoms with van der Waals surface area (Å²) in [5.74, 6) is 0.522. The van der Waals surface area contributed by atoms with Gasteiger partial charge in [0.1, 0.15) is 4.32 Å². The van der Waals surface area contributed by atoms with Crippen molar-refractivity contribution in [3.8, 4) is 0 Å². The third kappa shape index (κ3) is 2.13. The standard InChI is InChI=1S/C3H3NOS2.Cu/c5-2-1-7-3(6)4-2;/h1H2,(H,4,5,6);/q;+2. The molecule has 0 saturated carbocycles. The van der Waals surface area contributed by atoms with Gasteiger partial charge in [-0.15, -0.1) is 0 Å². The Balaban J connectivity index is 0.000000490. The zero-order chi connectivity index (χ0) is 5.28. The molecule has 0 aromatic carbocycles. The fraction of sp³-hybridized carbons (Fsp3) is 0.333. The maximum absolute atomic E-state index is 10.2. The molecule has 1 amide bonds. The van der Waals surface area contributed by atoms with Gasteiger partial charge in [-0.2, -0.15) is 0 Å². The first kappa shape index (κ1) is 8.43. The Hall–Kier alpha value is 0.429. The first-order valence-corrected chi connectivity index (χ1v) is 3.15. The van der Waals surface area contributed by atoms with Crippen LogP contribution < -0.4 is 5.32 Å². The fourth-order valence-corrected chi connectivity index (χ4v) is 1.13. The summed E-state index contributed by atoms with van der Waals surface area (Å²) < 4.78 is 0.602. The third-order valence-corrected chi connectivity index (χ3v) is 1.80. The van der Waals surface area contributed by atoms with Crippen molar-refractivity contribution >= 4 is 34.2 Å². The number of thioether (sulfide) groups is 1. The summed E-state index contributed by atoms with van der Waals surface area (Å²) in [7, 11) is 0. The second-order valence-electron chi connectivity index (χ2n) is 1.12. The maximum Gasteiger partial charge on any atom is 2.00 e. The van der Waals surface area contributed by atoms with E-state index in [2.05, 4.69) is 17.5 Å². The Labute approximate surface area is 67.3 Å². The fourth-order valence-electron chi connectivity index (χ4n) is 0.317. The van der Waals surface area contributed by atoms with E-state index in [1.807, 2.05) is 0 Å². The molecule has 0 bridgehead atoms. The first-order valence-electron chi connectivity index (χ1n) is 1.75. The second-order valence-corrected chi connectivity index (χ2v) is 2.78. The summed E-state index contributed by atoms with van der Waals surface area (Å²) in [6, 6.07) is 0. The van der Waals surface area contributed by atoms with Gasteiger partial charge >= 0.3 is 17.1 Å². The topological polar surface area (TPSA) is 29.1 Å². The first-order chi connectivity index (χ1) is 3.29. The molecule has 0 atom stereocenters. The predicted octanol–water partition coefficient (Wildman–Crippen LogP) is 0.132. The van der Waals surface area contributed by atoms with E-state index in [0.29, 0.717) is 10.1 Å². The van der Waals surface area contributed by atoms with Crippen LogP contribution in [0.1, 0.15) is 0 Å². The smallest absolute Gasteiger partial charge is 0.311 e. The van der Waals surface area contributed by atoms with Gasteiger partial charge in [-0.05, 0) is 0 Å². The van der Waals surface area contributed by atoms with Gasteiger partial charge in [0.15, 0.2) is 0 Å². The van der Waals surface area contributed by atoms with E-state index in [9.17, 15) is 4.79 Å². The summed E-state index contributed by atoms with van der Waals surface area (Å²) in [5, 5.41) is 2.47. The molecule has 0 aromatic heterocycles. The van der Waals surface area contributed by atoms with Crippen molar-refractivity contribution in [1.82, 2.24) is 5.32 Å². The van der Waals surface area contributed by atoms with E-state index < -0.39 is 0 Å². The molecule has 2 nitrogen and oxygen atoms in total. The van der Waals surface area contributed by atoms with E-state index in [4.69, 9.17) is 0 Å². The minimum absolute atomic E-state index is 0. The Bertz CT molecular complexity index is 112. The van der Waals surface area contributed by atoms with Gasteiger partial charge in [0, 0.05) is 0 Å². The van der Waals surface area contributed by atoms with Gasteiger partial charge < -0.3 is 5.32 Å². The molecular formula is C3H3CuNOS2+2. The van der Waals surface area contributed by atoms with Crippen LogP contribution in [-0.4, -0.2) is 16.0 Å². The number of carbonyl (C=O) groups excluding carboxylic acids is 1. The average Bonchev–Trinajstić information content (AvgIpc) is 1.87. The van der Waals surface area contributed by atoms with Crippen LogP contribution in [0.5, 0.6) is 0 Å². The van der Waals surface area contributed by atoms with E-state index >= 15 is 0 Å². The number of hydrogen-bond donors (Lipinski definition) is 1.